The molecule has 5 nitrogen and oxygen atoms in total. The second-order valence-corrected chi connectivity index (χ2v) is 4.77. The predicted octanol–water partition coefficient (Wildman–Crippen LogP) is 1.60. The van der Waals surface area contributed by atoms with Gasteiger partial charge >= 0.3 is 0 Å². The Kier molecular flexibility index (Phi) is 3.13. The van der Waals surface area contributed by atoms with Gasteiger partial charge in [0.05, 0.1) is 0 Å². The molecule has 0 heterocycles. The lowest BCUT2D eigenvalue weighted by Gasteiger charge is -2.15. The maximum atomic E-state index is 11.8. The molecule has 0 fully saturated rings. The van der Waals surface area contributed by atoms with Gasteiger partial charge in [-0.05, 0) is 12.1 Å². The smallest absolute Gasteiger partial charge is 0.229 e. The van der Waals surface area contributed by atoms with Crippen LogP contribution in [0, 0.1) is 5.41 Å². The zero-order valence-corrected chi connectivity index (χ0v) is 9.81. The van der Waals surface area contributed by atoms with Crippen molar-refractivity contribution in [3.05, 3.63) is 17.7 Å². The summed E-state index contributed by atoms with van der Waals surface area (Å²) in [5.41, 5.74) is -1.00. The van der Waals surface area contributed by atoms with E-state index >= 15 is 0 Å². The molecule has 0 aliphatic carbocycles. The van der Waals surface area contributed by atoms with Crippen LogP contribution < -0.4 is 0 Å². The molecule has 5 heteroatoms. The van der Waals surface area contributed by atoms with Crippen LogP contribution in [0.4, 0.5) is 0 Å². The second kappa shape index (κ2) is 4.08. The Balaban J connectivity index is 3.19. The Morgan fingerprint density at radius 1 is 1.00 bits per heavy atom. The van der Waals surface area contributed by atoms with E-state index < -0.39 is 34.2 Å². The fraction of sp³-hybridized carbons (Fsp3) is 0.333. The van der Waals surface area contributed by atoms with E-state index in [1.165, 1.54) is 0 Å². The highest BCUT2D eigenvalue weighted by Gasteiger charge is 2.29. The van der Waals surface area contributed by atoms with E-state index in [0.29, 0.717) is 0 Å². The predicted molar refractivity (Wildman–Crippen MR) is 60.2 cm³/mol. The highest BCUT2D eigenvalue weighted by molar-refractivity contribution is 6.45. The molecule has 1 aromatic rings. The summed E-state index contributed by atoms with van der Waals surface area (Å²) in [4.78, 5) is 23.5. The van der Waals surface area contributed by atoms with Gasteiger partial charge in [-0.25, -0.2) is 0 Å². The Bertz CT molecular complexity index is 459. The second-order valence-electron chi connectivity index (χ2n) is 4.77. The van der Waals surface area contributed by atoms with Crippen molar-refractivity contribution < 1.29 is 24.9 Å². The average Bonchev–Trinajstić information content (AvgIpc) is 2.21. The normalized spacial score (nSPS) is 11.2. The largest absolute Gasteiger partial charge is 0.504 e. The van der Waals surface area contributed by atoms with E-state index in [1.807, 2.05) is 0 Å². The number of hydrogen-bond acceptors (Lipinski definition) is 5. The molecule has 3 N–H and O–H groups in total. The lowest BCUT2D eigenvalue weighted by molar-refractivity contribution is -0.121. The minimum atomic E-state index is -0.847. The van der Waals surface area contributed by atoms with Gasteiger partial charge in [-0.15, -0.1) is 0 Å². The van der Waals surface area contributed by atoms with E-state index in [1.54, 1.807) is 20.8 Å². The van der Waals surface area contributed by atoms with Gasteiger partial charge in [0.25, 0.3) is 0 Å². The number of aromatic hydroxyl groups is 3. The van der Waals surface area contributed by atoms with Crippen LogP contribution in [0.25, 0.3) is 0 Å². The molecule has 0 bridgehead atoms. The molecule has 0 aliphatic rings. The molecule has 17 heavy (non-hydrogen) atoms. The third kappa shape index (κ3) is 2.55. The van der Waals surface area contributed by atoms with Crippen LogP contribution in [0.1, 0.15) is 31.1 Å². The van der Waals surface area contributed by atoms with Crippen LogP contribution in [0.15, 0.2) is 12.1 Å². The van der Waals surface area contributed by atoms with E-state index in [0.717, 1.165) is 12.1 Å². The number of phenolic OH excluding ortho intramolecular Hbond substituents is 3. The summed E-state index contributed by atoms with van der Waals surface area (Å²) in [7, 11) is 0. The van der Waals surface area contributed by atoms with Gasteiger partial charge in [-0.1, -0.05) is 20.8 Å². The van der Waals surface area contributed by atoms with Crippen LogP contribution in [0.3, 0.4) is 0 Å². The molecule has 0 saturated carbocycles. The number of carbonyl (C=O) groups excluding carboxylic acids is 2. The van der Waals surface area contributed by atoms with Crippen molar-refractivity contribution in [3.8, 4) is 17.2 Å². The number of rotatable bonds is 2. The van der Waals surface area contributed by atoms with Gasteiger partial charge in [0.2, 0.25) is 11.6 Å². The summed E-state index contributed by atoms with van der Waals surface area (Å²) in [6.45, 7) is 4.77. The van der Waals surface area contributed by atoms with Crippen LogP contribution in [0.5, 0.6) is 17.2 Å². The maximum Gasteiger partial charge on any atom is 0.229 e. The summed E-state index contributed by atoms with van der Waals surface area (Å²) in [5.74, 6) is -3.46. The van der Waals surface area contributed by atoms with Crippen LogP contribution >= 0.6 is 0 Å². The fourth-order valence-corrected chi connectivity index (χ4v) is 1.21. The molecular formula is C12H14O5. The topological polar surface area (TPSA) is 94.8 Å². The average molecular weight is 238 g/mol. The number of Topliss-reactive ketones (excluding diaryl/α,β-unsaturated/α-hetero) is 2. The quantitative estimate of drug-likeness (QED) is 0.413. The molecule has 0 radical (unpaired) electrons. The van der Waals surface area contributed by atoms with Crippen molar-refractivity contribution in [2.24, 2.45) is 5.41 Å². The monoisotopic (exact) mass is 238 g/mol. The standard InChI is InChI=1S/C12H14O5/c1-12(2,3)11(17)9(15)6-4-7(13)10(16)8(14)5-6/h4-5,13-14,16H,1-3H3. The van der Waals surface area contributed by atoms with Gasteiger partial charge in [-0.3, -0.25) is 9.59 Å². The Morgan fingerprint density at radius 3 is 1.76 bits per heavy atom. The van der Waals surface area contributed by atoms with Gasteiger partial charge in [0.15, 0.2) is 17.2 Å². The first-order valence-corrected chi connectivity index (χ1v) is 4.98. The lowest BCUT2D eigenvalue weighted by atomic mass is 9.86. The molecule has 0 unspecified atom stereocenters. The molecule has 92 valence electrons. The third-order valence-electron chi connectivity index (χ3n) is 2.22. The number of benzene rings is 1. The minimum absolute atomic E-state index is 0.155. The van der Waals surface area contributed by atoms with Crippen molar-refractivity contribution >= 4 is 11.6 Å². The lowest BCUT2D eigenvalue weighted by Crippen LogP contribution is -2.28. The zero-order chi connectivity index (χ0) is 13.4. The molecule has 1 aromatic carbocycles. The molecular weight excluding hydrogens is 224 g/mol. The van der Waals surface area contributed by atoms with E-state index in [2.05, 4.69) is 0 Å². The number of hydrogen-bond donors (Lipinski definition) is 3. The zero-order valence-electron chi connectivity index (χ0n) is 9.81. The number of phenols is 3. The van der Waals surface area contributed by atoms with Gasteiger partial charge in [0, 0.05) is 11.0 Å². The Labute approximate surface area is 98.3 Å². The highest BCUT2D eigenvalue weighted by Crippen LogP contribution is 2.35. The first kappa shape index (κ1) is 13.0. The van der Waals surface area contributed by atoms with E-state index in [9.17, 15) is 19.8 Å². The van der Waals surface area contributed by atoms with E-state index in [-0.39, 0.29) is 5.56 Å². The van der Waals surface area contributed by atoms with Crippen molar-refractivity contribution in [3.63, 3.8) is 0 Å². The summed E-state index contributed by atoms with van der Waals surface area (Å²) in [5, 5.41) is 27.6. The van der Waals surface area contributed by atoms with Crippen molar-refractivity contribution in [2.75, 3.05) is 0 Å². The molecule has 0 atom stereocenters. The van der Waals surface area contributed by atoms with Gasteiger partial charge in [-0.2, -0.15) is 0 Å². The molecule has 0 amide bonds. The van der Waals surface area contributed by atoms with Crippen LogP contribution in [-0.2, 0) is 4.79 Å². The molecule has 0 aliphatic heterocycles. The van der Waals surface area contributed by atoms with Crippen molar-refractivity contribution in [1.29, 1.82) is 0 Å². The molecule has 0 spiro atoms. The summed E-state index contributed by atoms with van der Waals surface area (Å²) < 4.78 is 0. The summed E-state index contributed by atoms with van der Waals surface area (Å²) in [6.07, 6.45) is 0. The first-order valence-electron chi connectivity index (χ1n) is 4.98. The maximum absolute atomic E-state index is 11.8. The Hall–Kier alpha value is -2.04. The highest BCUT2D eigenvalue weighted by atomic mass is 16.3. The summed E-state index contributed by atoms with van der Waals surface area (Å²) >= 11 is 0. The molecule has 0 saturated heterocycles. The molecule has 0 aromatic heterocycles. The first-order chi connectivity index (χ1) is 7.64. The van der Waals surface area contributed by atoms with Gasteiger partial charge < -0.3 is 15.3 Å². The van der Waals surface area contributed by atoms with E-state index in [4.69, 9.17) is 5.11 Å². The van der Waals surface area contributed by atoms with Crippen LogP contribution in [0.2, 0.25) is 0 Å². The van der Waals surface area contributed by atoms with Crippen LogP contribution in [-0.4, -0.2) is 26.9 Å². The molecule has 1 rings (SSSR count). The van der Waals surface area contributed by atoms with Crippen molar-refractivity contribution in [1.82, 2.24) is 0 Å². The Morgan fingerprint density at radius 2 is 1.41 bits per heavy atom. The minimum Gasteiger partial charge on any atom is -0.504 e. The SMILES string of the molecule is CC(C)(C)C(=O)C(=O)c1cc(O)c(O)c(O)c1. The van der Waals surface area contributed by atoms with Gasteiger partial charge in [0.1, 0.15) is 0 Å². The fourth-order valence-electron chi connectivity index (χ4n) is 1.21. The summed E-state index contributed by atoms with van der Waals surface area (Å²) in [6, 6.07) is 1.89. The number of ketones is 2. The third-order valence-corrected chi connectivity index (χ3v) is 2.22. The van der Waals surface area contributed by atoms with Crippen molar-refractivity contribution in [2.45, 2.75) is 20.8 Å². The number of carbonyl (C=O) groups is 2.